The van der Waals surface area contributed by atoms with Crippen molar-refractivity contribution in [1.82, 2.24) is 4.90 Å². The Kier molecular flexibility index (Phi) is 30.2. The van der Waals surface area contributed by atoms with Crippen LogP contribution < -0.4 is 43.1 Å². The van der Waals surface area contributed by atoms with Crippen molar-refractivity contribution in [3.8, 4) is 0 Å². The van der Waals surface area contributed by atoms with Gasteiger partial charge >= 0.3 is 17.9 Å². The van der Waals surface area contributed by atoms with Gasteiger partial charge in [-0.25, -0.2) is 14.4 Å². The number of fused-ring (bicyclic) bond motifs is 3. The topological polar surface area (TPSA) is 215 Å². The second kappa shape index (κ2) is 35.3. The molecule has 3 fully saturated rings. The summed E-state index contributed by atoms with van der Waals surface area (Å²) in [6, 6.07) is 6.35. The molecule has 2 aromatic heterocycles. The number of hydrogen-bond donors (Lipinski definition) is 1. The normalized spacial score (nSPS) is 32.7. The minimum Gasteiger partial charge on any atom is -1.00 e. The molecule has 15 atom stereocenters. The Morgan fingerprint density at radius 1 is 0.724 bits per heavy atom. The summed E-state index contributed by atoms with van der Waals surface area (Å²) in [5.74, 6) is -9.72. The summed E-state index contributed by atoms with van der Waals surface area (Å²) in [5, 5.41) is 12.1. The van der Waals surface area contributed by atoms with Crippen molar-refractivity contribution in [3.63, 3.8) is 0 Å². The standard InChI is InChI=1S/C67H95N3O15.2BrH/c1-42-25-30-68(31-26-42)40-59(72)82-55-24-22-51(37-58(55)80-11)36-47(6)57-39-54(71)46(5)35-49(8)62(84-60(73)41-69-32-27-43(2)28-33-69)63(81-12)61(74)48(7)34-44(3)18-14-13-15-19-45(4)56(79-10)38-52-23-21-50(9)67(78,85-52)64(75)65(76)70-29-17-16-20-53(70)66(77)83-57;;/h13-15,18-19,25-28,30-33,35,44,46-48,50-53,55-58,62-63,78H,16-17,20-24,29,34,36-41H2,1-12H3;2*1H/q+2;;/p-2/b15-13+,18-14+,45-19+,49-35+;;/t44-,46-,47-,48-,50-,51+,52+,53+,55-,56+,57+,58-,62-,63+,67-;;/m1../s1. The van der Waals surface area contributed by atoms with E-state index in [1.807, 2.05) is 109 Å². The Labute approximate surface area is 536 Å². The van der Waals surface area contributed by atoms with Crippen molar-refractivity contribution in [3.05, 3.63) is 108 Å². The average Bonchev–Trinajstić information content (AvgIpc) is 1.64. The van der Waals surface area contributed by atoms with Gasteiger partial charge in [-0.3, -0.25) is 19.2 Å². The van der Waals surface area contributed by atoms with Crippen molar-refractivity contribution in [2.45, 2.75) is 207 Å². The van der Waals surface area contributed by atoms with Crippen LogP contribution in [0.4, 0.5) is 0 Å². The Morgan fingerprint density at radius 3 is 1.97 bits per heavy atom. The number of nitrogens with zero attached hydrogens (tertiary/aromatic N) is 3. The van der Waals surface area contributed by atoms with Gasteiger partial charge in [-0.15, -0.1) is 0 Å². The number of piperidine rings is 1. The van der Waals surface area contributed by atoms with E-state index >= 15 is 0 Å². The SMILES string of the molecule is CO[C@H]1C[C@@H]2CC[C@@H](C)[C@@](O)(O2)C(=O)C(=O)N2CCCC[C@H]2C(=O)O[C@H]([C@H](C)C[C@@H]2CC[C@@H](OC(=O)C[n+]3ccc(C)cc3)[C@H](OC)C2)CC(=O)[C@H](C)/C=C(\C)[C@@H](OC(=O)C[n+]2ccc(C)cc2)[C@@H](OC)C(=O)[C@H](C)C[C@H](C)/C=C/C=C/C=C/1C.[Br-].[Br-]. The summed E-state index contributed by atoms with van der Waals surface area (Å²) >= 11 is 0. The van der Waals surface area contributed by atoms with Crippen LogP contribution >= 0.6 is 0 Å². The Hall–Kier alpha value is -5.09. The van der Waals surface area contributed by atoms with Crippen LogP contribution in [0.2, 0.25) is 0 Å². The molecule has 6 rings (SSSR count). The molecule has 0 unspecified atom stereocenters. The van der Waals surface area contributed by atoms with Gasteiger partial charge in [-0.2, -0.15) is 9.13 Å². The largest absolute Gasteiger partial charge is 1.00 e. The van der Waals surface area contributed by atoms with Crippen molar-refractivity contribution in [2.75, 3.05) is 27.9 Å². The van der Waals surface area contributed by atoms with E-state index in [1.54, 1.807) is 62.6 Å². The number of aromatic nitrogens is 2. The number of amides is 1. The molecule has 3 aliphatic heterocycles. The lowest BCUT2D eigenvalue weighted by atomic mass is 9.78. The summed E-state index contributed by atoms with van der Waals surface area (Å²) in [5.41, 5.74) is 3.34. The van der Waals surface area contributed by atoms with E-state index in [0.717, 1.165) is 16.7 Å². The molecule has 1 aliphatic carbocycles. The lowest BCUT2D eigenvalue weighted by Crippen LogP contribution is -3.00. The molecule has 0 aromatic carbocycles. The molecule has 2 bridgehead atoms. The second-order valence-corrected chi connectivity index (χ2v) is 24.6. The molecule has 5 heterocycles. The summed E-state index contributed by atoms with van der Waals surface area (Å²) in [6.07, 6.45) is 17.6. The first-order valence-corrected chi connectivity index (χ1v) is 30.6. The van der Waals surface area contributed by atoms with E-state index in [2.05, 4.69) is 0 Å². The Morgan fingerprint density at radius 2 is 1.36 bits per heavy atom. The molecule has 2 aromatic rings. The van der Waals surface area contributed by atoms with Crippen LogP contribution in [0.15, 0.2) is 96.7 Å². The Balaban J connectivity index is 0.00000810. The highest BCUT2D eigenvalue weighted by atomic mass is 79.9. The molecular weight excluding hydrogens is 1250 g/mol. The maximum Gasteiger partial charge on any atom is 0.373 e. The first-order chi connectivity index (χ1) is 40.4. The third-order valence-electron chi connectivity index (χ3n) is 17.7. The predicted octanol–water partition coefficient (Wildman–Crippen LogP) is 1.88. The number of carbonyl (C=O) groups is 7. The first-order valence-electron chi connectivity index (χ1n) is 30.6. The van der Waals surface area contributed by atoms with Crippen molar-refractivity contribution < 1.29 is 115 Å². The van der Waals surface area contributed by atoms with E-state index in [1.165, 1.54) is 12.0 Å². The highest BCUT2D eigenvalue weighted by molar-refractivity contribution is 6.39. The van der Waals surface area contributed by atoms with Gasteiger partial charge in [0.15, 0.2) is 42.8 Å². The molecule has 87 heavy (non-hydrogen) atoms. The average molecular weight is 1340 g/mol. The molecule has 1 N–H and O–H groups in total. The summed E-state index contributed by atoms with van der Waals surface area (Å²) in [6.45, 7) is 16.5. The zero-order valence-electron chi connectivity index (χ0n) is 53.0. The number of Topliss-reactive ketones (excluding diaryl/α,β-unsaturated/α-hetero) is 3. The molecular formula is C67H95Br2N3O15. The number of methoxy groups -OCH3 is 3. The number of allylic oxidation sites excluding steroid dienone is 6. The number of ketones is 3. The summed E-state index contributed by atoms with van der Waals surface area (Å²) < 4.78 is 46.0. The summed E-state index contributed by atoms with van der Waals surface area (Å²) in [7, 11) is 4.55. The van der Waals surface area contributed by atoms with Gasteiger partial charge < -0.3 is 77.1 Å². The number of halogens is 2. The molecule has 1 saturated carbocycles. The van der Waals surface area contributed by atoms with E-state index in [0.29, 0.717) is 63.4 Å². The first kappa shape index (κ1) is 74.4. The lowest BCUT2D eigenvalue weighted by molar-refractivity contribution is -0.686. The van der Waals surface area contributed by atoms with E-state index in [9.17, 15) is 38.7 Å². The number of cyclic esters (lactones) is 1. The highest BCUT2D eigenvalue weighted by Gasteiger charge is 2.53. The van der Waals surface area contributed by atoms with Crippen LogP contribution in [0.3, 0.4) is 0 Å². The van der Waals surface area contributed by atoms with Gasteiger partial charge in [0.1, 0.15) is 24.0 Å². The maximum atomic E-state index is 14.8. The number of aliphatic hydroxyl groups is 1. The molecule has 2 saturated heterocycles. The minimum atomic E-state index is -2.48. The number of pyridine rings is 2. The quantitative estimate of drug-likeness (QED) is 0.106. The smallest absolute Gasteiger partial charge is 0.373 e. The predicted molar refractivity (Wildman–Crippen MR) is 316 cm³/mol. The number of carbonyl (C=O) groups excluding carboxylic acids is 7. The third kappa shape index (κ3) is 21.0. The molecule has 1 amide bonds. The van der Waals surface area contributed by atoms with Gasteiger partial charge in [-0.1, -0.05) is 71.1 Å². The number of ether oxygens (including phenoxy) is 7. The van der Waals surface area contributed by atoms with Crippen LogP contribution in [0.5, 0.6) is 0 Å². The number of rotatable bonds is 12. The van der Waals surface area contributed by atoms with Gasteiger partial charge in [0.05, 0.1) is 18.3 Å². The highest BCUT2D eigenvalue weighted by Crippen LogP contribution is 2.38. The third-order valence-corrected chi connectivity index (χ3v) is 17.7. The van der Waals surface area contributed by atoms with Gasteiger partial charge in [0.2, 0.25) is 18.9 Å². The van der Waals surface area contributed by atoms with E-state index in [4.69, 9.17) is 33.2 Å². The number of hydrogen-bond acceptors (Lipinski definition) is 15. The fraction of sp³-hybridized carbons (Fsp3) is 0.627. The van der Waals surface area contributed by atoms with Crippen molar-refractivity contribution in [1.29, 1.82) is 0 Å². The molecule has 20 heteroatoms. The van der Waals surface area contributed by atoms with Crippen LogP contribution in [0, 0.1) is 49.4 Å². The van der Waals surface area contributed by atoms with E-state index < -0.39 is 102 Å². The van der Waals surface area contributed by atoms with Crippen LogP contribution in [-0.2, 0) is 79.8 Å². The molecule has 482 valence electrons. The molecule has 0 spiro atoms. The fourth-order valence-electron chi connectivity index (χ4n) is 12.3. The van der Waals surface area contributed by atoms with Crippen LogP contribution in [0.25, 0.3) is 0 Å². The van der Waals surface area contributed by atoms with Gasteiger partial charge in [0, 0.05) is 82.7 Å². The molecule has 4 aliphatic rings. The van der Waals surface area contributed by atoms with Crippen molar-refractivity contribution >= 4 is 41.2 Å². The summed E-state index contributed by atoms with van der Waals surface area (Å²) in [4.78, 5) is 101. The number of esters is 3. The van der Waals surface area contributed by atoms with Gasteiger partial charge in [0.25, 0.3) is 11.7 Å². The maximum absolute atomic E-state index is 14.8. The van der Waals surface area contributed by atoms with E-state index in [-0.39, 0.29) is 102 Å². The molecule has 18 nitrogen and oxygen atoms in total. The van der Waals surface area contributed by atoms with Crippen molar-refractivity contribution in [2.24, 2.45) is 35.5 Å². The number of aryl methyl sites for hydroxylation is 2. The van der Waals surface area contributed by atoms with Crippen LogP contribution in [-0.4, -0.2) is 134 Å². The molecule has 0 radical (unpaired) electrons. The zero-order chi connectivity index (χ0) is 62.1. The lowest BCUT2D eigenvalue weighted by Gasteiger charge is -2.42. The fourth-order valence-corrected chi connectivity index (χ4v) is 12.3. The minimum absolute atomic E-state index is 0. The second-order valence-electron chi connectivity index (χ2n) is 24.6. The van der Waals surface area contributed by atoms with Gasteiger partial charge in [-0.05, 0) is 132 Å². The van der Waals surface area contributed by atoms with Crippen LogP contribution in [0.1, 0.15) is 137 Å². The Bertz CT molecular complexity index is 2750. The zero-order valence-corrected chi connectivity index (χ0v) is 56.2. The monoisotopic (exact) mass is 1340 g/mol.